The summed E-state index contributed by atoms with van der Waals surface area (Å²) in [6, 6.07) is 12.8. The number of benzene rings is 2. The summed E-state index contributed by atoms with van der Waals surface area (Å²) in [4.78, 5) is 8.94. The lowest BCUT2D eigenvalue weighted by molar-refractivity contribution is -0.137. The first-order chi connectivity index (χ1) is 13.8. The summed E-state index contributed by atoms with van der Waals surface area (Å²) in [5.74, 6) is 0. The second-order valence-electron chi connectivity index (χ2n) is 5.77. The molecule has 0 saturated heterocycles. The highest BCUT2D eigenvalue weighted by Crippen LogP contribution is 2.45. The maximum Gasteiger partial charge on any atom is 0.416 e. The molecule has 0 fully saturated rings. The lowest BCUT2D eigenvalue weighted by Crippen LogP contribution is -2.16. The van der Waals surface area contributed by atoms with Crippen molar-refractivity contribution in [3.05, 3.63) is 68.1 Å². The van der Waals surface area contributed by atoms with E-state index in [-0.39, 0.29) is 0 Å². The van der Waals surface area contributed by atoms with E-state index in [1.807, 2.05) is 28.6 Å². The van der Waals surface area contributed by atoms with E-state index in [4.69, 9.17) is 17.2 Å². The molecule has 1 unspecified atom stereocenters. The van der Waals surface area contributed by atoms with Gasteiger partial charge in [-0.1, -0.05) is 28.1 Å². The number of hydrogen-bond donors (Lipinski definition) is 1. The Morgan fingerprint density at radius 2 is 1.79 bits per heavy atom. The Morgan fingerprint density at radius 3 is 2.38 bits per heavy atom. The first-order valence-corrected chi connectivity index (χ1v) is 11.6. The van der Waals surface area contributed by atoms with Crippen LogP contribution in [0.25, 0.3) is 0 Å². The normalized spacial score (nSPS) is 16.9. The Morgan fingerprint density at radius 1 is 1.10 bits per heavy atom. The number of aromatic amines is 1. The molecule has 1 N–H and O–H groups in total. The molecule has 4 rings (SSSR count). The van der Waals surface area contributed by atoms with Gasteiger partial charge in [0.15, 0.2) is 19.7 Å². The minimum Gasteiger partial charge on any atom is -0.287 e. The van der Waals surface area contributed by atoms with Crippen LogP contribution in [-0.4, -0.2) is 13.7 Å². The van der Waals surface area contributed by atoms with Gasteiger partial charge in [-0.2, -0.15) is 18.2 Å². The number of aliphatic imine (C=N–C) groups is 1. The zero-order valence-corrected chi connectivity index (χ0v) is 19.0. The fourth-order valence-electron chi connectivity index (χ4n) is 2.53. The first-order valence-electron chi connectivity index (χ1n) is 8.01. The van der Waals surface area contributed by atoms with Gasteiger partial charge in [-0.25, -0.2) is 4.99 Å². The maximum atomic E-state index is 12.9. The molecular formula is C17H10BrF3N4S4. The minimum atomic E-state index is -4.37. The standard InChI is InChI=1S/C17H10BrF3N4S4/c18-11-5-7-12(8-6-11)25-13(9-1-3-10(4-2-9)17(19,20)21)22-16(29-25)27-14-23-15(26)28-24-14/h1-8,13H,(H,23,24,26). The number of aromatic nitrogens is 2. The van der Waals surface area contributed by atoms with Crippen LogP contribution in [0, 0.1) is 3.95 Å². The third kappa shape index (κ3) is 4.88. The molecule has 0 amide bonds. The van der Waals surface area contributed by atoms with Crippen LogP contribution in [0.3, 0.4) is 0 Å². The van der Waals surface area contributed by atoms with Crippen molar-refractivity contribution in [2.45, 2.75) is 17.5 Å². The number of halogens is 4. The van der Waals surface area contributed by atoms with Gasteiger partial charge in [-0.3, -0.25) is 8.68 Å². The molecule has 2 heterocycles. The summed E-state index contributed by atoms with van der Waals surface area (Å²) < 4.78 is 45.9. The summed E-state index contributed by atoms with van der Waals surface area (Å²) in [5.41, 5.74) is 0.861. The van der Waals surface area contributed by atoms with Gasteiger partial charge in [-0.15, -0.1) is 0 Å². The van der Waals surface area contributed by atoms with Crippen LogP contribution in [0.1, 0.15) is 17.3 Å². The molecule has 1 aromatic heterocycles. The van der Waals surface area contributed by atoms with Crippen molar-refractivity contribution in [1.29, 1.82) is 0 Å². The van der Waals surface area contributed by atoms with E-state index in [9.17, 15) is 13.2 Å². The third-order valence-electron chi connectivity index (χ3n) is 3.85. The second-order valence-corrected chi connectivity index (χ2v) is 10.3. The van der Waals surface area contributed by atoms with Crippen LogP contribution in [0.2, 0.25) is 0 Å². The molecule has 4 nitrogen and oxygen atoms in total. The van der Waals surface area contributed by atoms with Crippen LogP contribution in [0.5, 0.6) is 0 Å². The van der Waals surface area contributed by atoms with Crippen LogP contribution in [0.15, 0.2) is 63.2 Å². The Balaban J connectivity index is 1.66. The number of anilines is 1. The summed E-state index contributed by atoms with van der Waals surface area (Å²) in [5, 5.41) is 0.634. The van der Waals surface area contributed by atoms with Gasteiger partial charge in [0, 0.05) is 16.4 Å². The Kier molecular flexibility index (Phi) is 6.07. The van der Waals surface area contributed by atoms with Gasteiger partial charge in [-0.05, 0) is 77.5 Å². The minimum absolute atomic E-state index is 0.465. The van der Waals surface area contributed by atoms with Crippen LogP contribution in [0.4, 0.5) is 18.9 Å². The highest BCUT2D eigenvalue weighted by Gasteiger charge is 2.33. The molecule has 150 valence electrons. The predicted octanol–water partition coefficient (Wildman–Crippen LogP) is 7.30. The molecule has 12 heteroatoms. The largest absolute Gasteiger partial charge is 0.416 e. The molecule has 1 atom stereocenters. The molecule has 0 spiro atoms. The van der Waals surface area contributed by atoms with Crippen LogP contribution >= 0.6 is 63.4 Å². The molecule has 0 bridgehead atoms. The fourth-order valence-corrected chi connectivity index (χ4v) is 5.67. The molecule has 0 aliphatic carbocycles. The highest BCUT2D eigenvalue weighted by molar-refractivity contribution is 9.10. The van der Waals surface area contributed by atoms with E-state index >= 15 is 0 Å². The monoisotopic (exact) mass is 534 g/mol. The lowest BCUT2D eigenvalue weighted by atomic mass is 10.1. The molecule has 29 heavy (non-hydrogen) atoms. The quantitative estimate of drug-likeness (QED) is 0.282. The fraction of sp³-hybridized carbons (Fsp3) is 0.118. The van der Waals surface area contributed by atoms with Gasteiger partial charge in [0.1, 0.15) is 0 Å². The summed E-state index contributed by atoms with van der Waals surface area (Å²) in [6.07, 6.45) is -4.84. The average molecular weight is 535 g/mol. The zero-order chi connectivity index (χ0) is 20.6. The van der Waals surface area contributed by atoms with Crippen molar-refractivity contribution in [2.24, 2.45) is 4.99 Å². The first kappa shape index (κ1) is 20.9. The number of alkyl halides is 3. The van der Waals surface area contributed by atoms with Crippen molar-refractivity contribution in [3.8, 4) is 0 Å². The SMILES string of the molecule is FC(F)(F)c1ccc(C2N=C(Sc3nc(=S)s[nH]3)SN2c2ccc(Br)cc2)cc1. The molecule has 0 saturated carbocycles. The highest BCUT2D eigenvalue weighted by atomic mass is 79.9. The number of hydrogen-bond acceptors (Lipinski definition) is 7. The van der Waals surface area contributed by atoms with Crippen LogP contribution < -0.4 is 4.31 Å². The Hall–Kier alpha value is -1.34. The Bertz CT molecular complexity index is 1090. The number of H-pyrrole nitrogens is 1. The van der Waals surface area contributed by atoms with Crippen LogP contribution in [-0.2, 0) is 6.18 Å². The summed E-state index contributed by atoms with van der Waals surface area (Å²) in [7, 11) is 0. The zero-order valence-electron chi connectivity index (χ0n) is 14.2. The smallest absolute Gasteiger partial charge is 0.287 e. The van der Waals surface area contributed by atoms with Gasteiger partial charge in [0.05, 0.1) is 11.3 Å². The topological polar surface area (TPSA) is 44.3 Å². The van der Waals surface area contributed by atoms with E-state index in [2.05, 4.69) is 25.3 Å². The average Bonchev–Trinajstić information content (AvgIpc) is 3.28. The molecule has 2 aromatic carbocycles. The van der Waals surface area contributed by atoms with Gasteiger partial charge in [0.2, 0.25) is 0 Å². The van der Waals surface area contributed by atoms with Gasteiger partial charge >= 0.3 is 6.18 Å². The third-order valence-corrected chi connectivity index (χ3v) is 7.42. The Labute approximate surface area is 190 Å². The number of nitrogens with one attached hydrogen (secondary N) is 1. The lowest BCUT2D eigenvalue weighted by Gasteiger charge is -2.24. The van der Waals surface area contributed by atoms with Crippen molar-refractivity contribution in [1.82, 2.24) is 9.36 Å². The van der Waals surface area contributed by atoms with E-state index in [1.165, 1.54) is 47.4 Å². The van der Waals surface area contributed by atoms with Crippen molar-refractivity contribution in [3.63, 3.8) is 0 Å². The summed E-state index contributed by atoms with van der Waals surface area (Å²) in [6.45, 7) is 0. The number of rotatable bonds is 3. The number of thioether (sulfide) groups is 1. The molecule has 1 aliphatic rings. The van der Waals surface area contributed by atoms with E-state index in [0.717, 1.165) is 26.7 Å². The molecular weight excluding hydrogens is 525 g/mol. The molecule has 0 radical (unpaired) electrons. The van der Waals surface area contributed by atoms with Crippen molar-refractivity contribution in [2.75, 3.05) is 4.31 Å². The predicted molar refractivity (Wildman–Crippen MR) is 119 cm³/mol. The van der Waals surface area contributed by atoms with Gasteiger partial charge in [0.25, 0.3) is 0 Å². The van der Waals surface area contributed by atoms with Crippen molar-refractivity contribution >= 4 is 73.5 Å². The van der Waals surface area contributed by atoms with E-state index in [1.54, 1.807) is 0 Å². The second kappa shape index (κ2) is 8.42. The molecule has 3 aromatic rings. The number of nitrogens with zero attached hydrogens (tertiary/aromatic N) is 3. The summed E-state index contributed by atoms with van der Waals surface area (Å²) >= 11 is 12.5. The van der Waals surface area contributed by atoms with E-state index < -0.39 is 17.9 Å². The van der Waals surface area contributed by atoms with Gasteiger partial charge < -0.3 is 0 Å². The molecule has 1 aliphatic heterocycles. The van der Waals surface area contributed by atoms with Crippen molar-refractivity contribution < 1.29 is 13.2 Å². The van der Waals surface area contributed by atoms with E-state index in [0.29, 0.717) is 14.7 Å². The maximum absolute atomic E-state index is 12.9.